The van der Waals surface area contributed by atoms with Crippen molar-refractivity contribution in [1.29, 1.82) is 0 Å². The smallest absolute Gasteiger partial charge is 0.790 e. The molecule has 2 radical (unpaired) electrons. The summed E-state index contributed by atoms with van der Waals surface area (Å²) in [6.45, 7) is 3.96. The Hall–Kier alpha value is -3.37. The molecule has 1 aliphatic carbocycles. The van der Waals surface area contributed by atoms with Crippen LogP contribution in [0.2, 0.25) is 0 Å². The first-order valence-electron chi connectivity index (χ1n) is 15.9. The van der Waals surface area contributed by atoms with Gasteiger partial charge in [-0.15, -0.1) is 0 Å². The molecule has 0 N–H and O–H groups in total. The summed E-state index contributed by atoms with van der Waals surface area (Å²) in [5, 5.41) is 8.80. The topological polar surface area (TPSA) is 0 Å². The minimum atomic E-state index is -0.446. The normalized spacial score (nSPS) is 11.0. The van der Waals surface area contributed by atoms with Gasteiger partial charge in [0.1, 0.15) is 0 Å². The first-order chi connectivity index (χ1) is 23.1. The van der Waals surface area contributed by atoms with Crippen molar-refractivity contribution in [3.8, 4) is 0 Å². The summed E-state index contributed by atoms with van der Waals surface area (Å²) in [6.07, 6.45) is 10.0. The van der Waals surface area contributed by atoms with E-state index in [0.29, 0.717) is 5.25 Å². The van der Waals surface area contributed by atoms with Crippen molar-refractivity contribution < 1.29 is 19.5 Å². The number of hydrogen-bond acceptors (Lipinski definition) is 1. The van der Waals surface area contributed by atoms with E-state index in [1.165, 1.54) is 31.8 Å². The summed E-state index contributed by atoms with van der Waals surface area (Å²) in [6, 6.07) is 64.7. The number of benzene rings is 6. The van der Waals surface area contributed by atoms with Gasteiger partial charge in [0, 0.05) is 6.42 Å². The summed E-state index contributed by atoms with van der Waals surface area (Å²) in [7, 11) is -0.892. The number of rotatable bonds is 6. The monoisotopic (exact) mass is 766 g/mol. The third kappa shape index (κ3) is 13.6. The van der Waals surface area contributed by atoms with Crippen molar-refractivity contribution in [2.45, 2.75) is 19.1 Å². The van der Waals surface area contributed by atoms with Gasteiger partial charge in [-0.2, -0.15) is 5.25 Å². The van der Waals surface area contributed by atoms with E-state index in [0.717, 1.165) is 0 Å². The van der Waals surface area contributed by atoms with E-state index in [1.807, 2.05) is 44.6 Å². The number of allylic oxidation sites excluding steroid dienone is 4. The van der Waals surface area contributed by atoms with Crippen LogP contribution in [0.25, 0.3) is 0 Å². The van der Waals surface area contributed by atoms with Crippen molar-refractivity contribution in [2.75, 3.05) is 0 Å². The van der Waals surface area contributed by atoms with Crippen molar-refractivity contribution in [3.05, 3.63) is 213 Å². The van der Waals surface area contributed by atoms with Gasteiger partial charge in [0.2, 0.25) is 0 Å². The third-order valence-corrected chi connectivity index (χ3v) is 11.5. The van der Waals surface area contributed by atoms with Gasteiger partial charge in [-0.1, -0.05) is 220 Å². The van der Waals surface area contributed by atoms with E-state index in [4.69, 9.17) is 0 Å². The van der Waals surface area contributed by atoms with Gasteiger partial charge in [-0.05, 0) is 47.7 Å². The van der Waals surface area contributed by atoms with Crippen LogP contribution in [0.5, 0.6) is 0 Å². The van der Waals surface area contributed by atoms with Crippen LogP contribution in [0.1, 0.15) is 13.8 Å². The molecule has 7 rings (SSSR count). The Labute approximate surface area is 309 Å². The Morgan fingerprint density at radius 3 is 0.625 bits per heavy atom. The maximum absolute atomic E-state index is 4.62. The summed E-state index contributed by atoms with van der Waals surface area (Å²) in [5.41, 5.74) is 0. The molecular weight excluding hydrogens is 724 g/mol. The van der Waals surface area contributed by atoms with Gasteiger partial charge < -0.3 is 12.6 Å². The van der Waals surface area contributed by atoms with Crippen LogP contribution in [-0.2, 0) is 32.1 Å². The van der Waals surface area contributed by atoms with Crippen LogP contribution < -0.4 is 31.8 Å². The second-order valence-electron chi connectivity index (χ2n) is 10.7. The quantitative estimate of drug-likeness (QED) is 0.0927. The van der Waals surface area contributed by atoms with E-state index >= 15 is 0 Å². The van der Waals surface area contributed by atoms with Gasteiger partial charge in [-0.3, -0.25) is 0 Å². The SMILES string of the molecule is CC(C)[S-].[CH]1C=CC=C1.[Ru+].c1ccc(P(c2ccccc2)c2ccccc2)cc1.c1ccc(P(c2ccccc2)c2ccccc2)cc1. The molecule has 0 bridgehead atoms. The molecule has 0 heterocycles. The Balaban J connectivity index is 0.000000204. The summed E-state index contributed by atoms with van der Waals surface area (Å²) in [5.74, 6) is 0. The minimum Gasteiger partial charge on any atom is -0.790 e. The maximum Gasteiger partial charge on any atom is 1.00 e. The first kappa shape index (κ1) is 39.1. The second kappa shape index (κ2) is 23.1. The predicted octanol–water partition coefficient (Wildman–Crippen LogP) is 9.15. The Morgan fingerprint density at radius 1 is 0.333 bits per heavy atom. The molecule has 48 heavy (non-hydrogen) atoms. The van der Waals surface area contributed by atoms with Gasteiger partial charge in [0.25, 0.3) is 0 Å². The first-order valence-corrected chi connectivity index (χ1v) is 19.0. The van der Waals surface area contributed by atoms with E-state index in [1.54, 1.807) is 0 Å². The predicted molar refractivity (Wildman–Crippen MR) is 215 cm³/mol. The van der Waals surface area contributed by atoms with E-state index in [9.17, 15) is 0 Å². The summed E-state index contributed by atoms with van der Waals surface area (Å²) in [4.78, 5) is 0. The zero-order valence-electron chi connectivity index (χ0n) is 27.4. The summed E-state index contributed by atoms with van der Waals surface area (Å²) >= 11 is 4.62. The van der Waals surface area contributed by atoms with Crippen LogP contribution in [0, 0.1) is 6.42 Å². The van der Waals surface area contributed by atoms with Crippen molar-refractivity contribution in [2.24, 2.45) is 0 Å². The van der Waals surface area contributed by atoms with E-state index in [2.05, 4.69) is 195 Å². The van der Waals surface area contributed by atoms with E-state index in [-0.39, 0.29) is 19.5 Å². The van der Waals surface area contributed by atoms with Gasteiger partial charge in [0.05, 0.1) is 0 Å². The maximum atomic E-state index is 4.62. The molecular formula is C44H42P2RuS. The molecule has 6 aromatic rings. The zero-order chi connectivity index (χ0) is 32.9. The molecule has 242 valence electrons. The van der Waals surface area contributed by atoms with Crippen molar-refractivity contribution in [3.63, 3.8) is 0 Å². The second-order valence-corrected chi connectivity index (χ2v) is 16.1. The van der Waals surface area contributed by atoms with Gasteiger partial charge in [0.15, 0.2) is 0 Å². The largest absolute Gasteiger partial charge is 1.00 e. The fourth-order valence-electron chi connectivity index (χ4n) is 4.68. The average Bonchev–Trinajstić information content (AvgIpc) is 3.73. The molecule has 0 amide bonds. The fourth-order valence-corrected chi connectivity index (χ4v) is 9.29. The number of hydrogen-bond donors (Lipinski definition) is 0. The minimum absolute atomic E-state index is 0. The van der Waals surface area contributed by atoms with Crippen LogP contribution in [0.4, 0.5) is 0 Å². The van der Waals surface area contributed by atoms with Gasteiger partial charge >= 0.3 is 19.5 Å². The Bertz CT molecular complexity index is 1390. The molecule has 0 unspecified atom stereocenters. The molecule has 1 aliphatic rings. The van der Waals surface area contributed by atoms with Crippen molar-refractivity contribution in [1.82, 2.24) is 0 Å². The van der Waals surface area contributed by atoms with Crippen molar-refractivity contribution >= 4 is 60.3 Å². The van der Waals surface area contributed by atoms with Crippen LogP contribution in [0.3, 0.4) is 0 Å². The van der Waals surface area contributed by atoms with Crippen LogP contribution >= 0.6 is 15.8 Å². The molecule has 0 fully saturated rings. The molecule has 0 aliphatic heterocycles. The van der Waals surface area contributed by atoms with E-state index < -0.39 is 15.8 Å². The van der Waals surface area contributed by atoms with Crippen LogP contribution in [0.15, 0.2) is 206 Å². The standard InChI is InChI=1S/2C18H15P.C5H5.C3H8S.Ru/c2*1-4-10-16(11-5-1)19(17-12-6-2-7-13-17)18-14-8-3-9-15-18;1-2-4-5-3-1;1-3(2)4;/h2*1-15H;1-5H;3-4H,1-2H3;/q;;;;+1/p-1. The molecule has 0 atom stereocenters. The molecule has 0 saturated heterocycles. The Kier molecular flexibility index (Phi) is 18.8. The van der Waals surface area contributed by atoms with Gasteiger partial charge in [-0.25, -0.2) is 0 Å². The fraction of sp³-hybridized carbons (Fsp3) is 0.0682. The summed E-state index contributed by atoms with van der Waals surface area (Å²) < 4.78 is 0. The third-order valence-electron chi connectivity index (χ3n) is 6.64. The molecule has 6 aromatic carbocycles. The van der Waals surface area contributed by atoms with Crippen LogP contribution in [-0.4, -0.2) is 5.25 Å². The molecule has 0 spiro atoms. The molecule has 0 saturated carbocycles. The zero-order valence-corrected chi connectivity index (χ0v) is 31.8. The average molecular weight is 766 g/mol. The molecule has 4 heteroatoms. The molecule has 0 aromatic heterocycles. The Morgan fingerprint density at radius 2 is 0.500 bits per heavy atom. The molecule has 0 nitrogen and oxygen atoms in total.